The first-order chi connectivity index (χ1) is 11.1. The lowest BCUT2D eigenvalue weighted by Gasteiger charge is -2.12. The number of hydrogen-bond donors (Lipinski definition) is 3. The number of aryl methyl sites for hydroxylation is 1. The molecule has 0 aliphatic heterocycles. The van der Waals surface area contributed by atoms with Gasteiger partial charge in [-0.2, -0.15) is 0 Å². The molecular weight excluding hydrogens is 315 g/mol. The van der Waals surface area contributed by atoms with Crippen LogP contribution in [0.15, 0.2) is 40.7 Å². The van der Waals surface area contributed by atoms with Gasteiger partial charge in [-0.25, -0.2) is 4.39 Å². The number of amides is 1. The molecule has 2 aromatic rings. The van der Waals surface area contributed by atoms with Gasteiger partial charge in [-0.15, -0.1) is 11.3 Å². The van der Waals surface area contributed by atoms with Crippen LogP contribution in [0, 0.1) is 12.7 Å². The Morgan fingerprint density at radius 3 is 2.57 bits per heavy atom. The summed E-state index contributed by atoms with van der Waals surface area (Å²) in [6.07, 6.45) is 0. The monoisotopic (exact) mass is 334 g/mol. The number of halogens is 1. The number of carbonyl (C=O) groups is 1. The van der Waals surface area contributed by atoms with Crippen molar-refractivity contribution in [2.24, 2.45) is 4.99 Å². The molecule has 0 bridgehead atoms. The highest BCUT2D eigenvalue weighted by atomic mass is 32.1. The number of guanidine groups is 1. The molecule has 0 spiro atoms. The quantitative estimate of drug-likeness (QED) is 0.581. The number of rotatable bonds is 5. The summed E-state index contributed by atoms with van der Waals surface area (Å²) in [6, 6.07) is 7.69. The topological polar surface area (TPSA) is 65.5 Å². The molecule has 0 saturated carbocycles. The normalized spacial score (nSPS) is 11.2. The summed E-state index contributed by atoms with van der Waals surface area (Å²) in [5, 5.41) is 10.8. The number of aliphatic imine (C=N–C) groups is 1. The van der Waals surface area contributed by atoms with Crippen molar-refractivity contribution in [3.05, 3.63) is 52.0 Å². The van der Waals surface area contributed by atoms with Gasteiger partial charge in [-0.1, -0.05) is 0 Å². The van der Waals surface area contributed by atoms with Crippen LogP contribution in [-0.4, -0.2) is 25.5 Å². The van der Waals surface area contributed by atoms with Crippen LogP contribution in [0.25, 0.3) is 0 Å². The van der Waals surface area contributed by atoms with E-state index in [1.165, 1.54) is 34.7 Å². The molecule has 1 amide bonds. The van der Waals surface area contributed by atoms with Crippen molar-refractivity contribution in [1.82, 2.24) is 10.6 Å². The second-order valence-corrected chi connectivity index (χ2v) is 5.86. The maximum atomic E-state index is 12.8. The van der Waals surface area contributed by atoms with Crippen LogP contribution in [-0.2, 0) is 11.3 Å². The average molecular weight is 334 g/mol. The molecule has 1 aromatic carbocycles. The lowest BCUT2D eigenvalue weighted by Crippen LogP contribution is -2.41. The summed E-state index contributed by atoms with van der Waals surface area (Å²) in [7, 11) is 1.65. The molecule has 0 aliphatic carbocycles. The number of hydrogen-bond acceptors (Lipinski definition) is 3. The second kappa shape index (κ2) is 8.28. The van der Waals surface area contributed by atoms with E-state index in [0.29, 0.717) is 18.2 Å². The molecule has 0 fully saturated rings. The van der Waals surface area contributed by atoms with Crippen molar-refractivity contribution >= 4 is 28.9 Å². The summed E-state index contributed by atoms with van der Waals surface area (Å²) < 4.78 is 12.8. The molecule has 3 N–H and O–H groups in total. The highest BCUT2D eigenvalue weighted by Crippen LogP contribution is 2.14. The van der Waals surface area contributed by atoms with Crippen molar-refractivity contribution in [2.45, 2.75) is 13.5 Å². The predicted molar refractivity (Wildman–Crippen MR) is 92.3 cm³/mol. The maximum absolute atomic E-state index is 12.8. The van der Waals surface area contributed by atoms with E-state index in [-0.39, 0.29) is 18.3 Å². The van der Waals surface area contributed by atoms with E-state index in [0.717, 1.165) is 0 Å². The van der Waals surface area contributed by atoms with E-state index in [1.807, 2.05) is 5.38 Å². The summed E-state index contributed by atoms with van der Waals surface area (Å²) in [4.78, 5) is 17.2. The number of anilines is 1. The van der Waals surface area contributed by atoms with Crippen molar-refractivity contribution < 1.29 is 9.18 Å². The third kappa shape index (κ3) is 5.37. The van der Waals surface area contributed by atoms with E-state index in [2.05, 4.69) is 33.9 Å². The molecule has 0 atom stereocenters. The Balaban J connectivity index is 1.77. The van der Waals surface area contributed by atoms with Crippen LogP contribution in [0.2, 0.25) is 0 Å². The minimum absolute atomic E-state index is 0.0699. The standard InChI is InChI=1S/C16H19FN4OS/c1-11-7-8-23-14(11)9-19-16(18-2)20-10-15(22)21-13-5-3-12(17)4-6-13/h3-8H,9-10H2,1-2H3,(H,21,22)(H2,18,19,20). The van der Waals surface area contributed by atoms with E-state index < -0.39 is 0 Å². The van der Waals surface area contributed by atoms with Gasteiger partial charge in [-0.05, 0) is 48.2 Å². The second-order valence-electron chi connectivity index (χ2n) is 4.86. The molecule has 0 unspecified atom stereocenters. The molecule has 1 aromatic heterocycles. The third-order valence-electron chi connectivity index (χ3n) is 3.15. The molecular formula is C16H19FN4OS. The van der Waals surface area contributed by atoms with Crippen molar-refractivity contribution in [3.8, 4) is 0 Å². The van der Waals surface area contributed by atoms with E-state index in [9.17, 15) is 9.18 Å². The minimum atomic E-state index is -0.338. The number of thiophene rings is 1. The smallest absolute Gasteiger partial charge is 0.243 e. The van der Waals surface area contributed by atoms with Crippen LogP contribution in [0.5, 0.6) is 0 Å². The summed E-state index contributed by atoms with van der Waals surface area (Å²) >= 11 is 1.67. The highest BCUT2D eigenvalue weighted by Gasteiger charge is 2.06. The molecule has 7 heteroatoms. The van der Waals surface area contributed by atoms with Gasteiger partial charge in [0.1, 0.15) is 5.82 Å². The first-order valence-corrected chi connectivity index (χ1v) is 7.99. The fourth-order valence-electron chi connectivity index (χ4n) is 1.87. The van der Waals surface area contributed by atoms with Crippen LogP contribution in [0.4, 0.5) is 10.1 Å². The van der Waals surface area contributed by atoms with Gasteiger partial charge in [0.25, 0.3) is 0 Å². The number of nitrogens with one attached hydrogen (secondary N) is 3. The van der Waals surface area contributed by atoms with E-state index in [4.69, 9.17) is 0 Å². The van der Waals surface area contributed by atoms with Gasteiger partial charge < -0.3 is 16.0 Å². The maximum Gasteiger partial charge on any atom is 0.243 e. The van der Waals surface area contributed by atoms with Gasteiger partial charge in [0.15, 0.2) is 5.96 Å². The summed E-state index contributed by atoms with van der Waals surface area (Å²) in [5.74, 6) is -0.0199. The van der Waals surface area contributed by atoms with Gasteiger partial charge >= 0.3 is 0 Å². The molecule has 2 rings (SSSR count). The van der Waals surface area contributed by atoms with Crippen molar-refractivity contribution in [1.29, 1.82) is 0 Å². The number of nitrogens with zero attached hydrogens (tertiary/aromatic N) is 1. The Kier molecular flexibility index (Phi) is 6.10. The zero-order chi connectivity index (χ0) is 16.7. The SMILES string of the molecule is CN=C(NCC(=O)Nc1ccc(F)cc1)NCc1sccc1C. The predicted octanol–water partition coefficient (Wildman–Crippen LogP) is 2.50. The fraction of sp³-hybridized carbons (Fsp3) is 0.250. The van der Waals surface area contributed by atoms with Gasteiger partial charge in [-0.3, -0.25) is 9.79 Å². The van der Waals surface area contributed by atoms with Crippen LogP contribution in [0.3, 0.4) is 0 Å². The molecule has 0 saturated heterocycles. The van der Waals surface area contributed by atoms with Gasteiger partial charge in [0.2, 0.25) is 5.91 Å². The van der Waals surface area contributed by atoms with Crippen molar-refractivity contribution in [2.75, 3.05) is 18.9 Å². The Labute approximate surface area is 138 Å². The zero-order valence-corrected chi connectivity index (χ0v) is 13.8. The van der Waals surface area contributed by atoms with Gasteiger partial charge in [0, 0.05) is 17.6 Å². The van der Waals surface area contributed by atoms with Crippen LogP contribution in [0.1, 0.15) is 10.4 Å². The van der Waals surface area contributed by atoms with E-state index in [1.54, 1.807) is 18.4 Å². The summed E-state index contributed by atoms with van der Waals surface area (Å²) in [5.41, 5.74) is 1.78. The third-order valence-corrected chi connectivity index (χ3v) is 4.18. The Bertz CT molecular complexity index is 682. The first kappa shape index (κ1) is 17.0. The summed E-state index contributed by atoms with van der Waals surface area (Å²) in [6.45, 7) is 2.78. The molecule has 5 nitrogen and oxygen atoms in total. The highest BCUT2D eigenvalue weighted by molar-refractivity contribution is 7.10. The lowest BCUT2D eigenvalue weighted by atomic mass is 10.3. The lowest BCUT2D eigenvalue weighted by molar-refractivity contribution is -0.115. The van der Waals surface area contributed by atoms with E-state index >= 15 is 0 Å². The number of carbonyl (C=O) groups excluding carboxylic acids is 1. The molecule has 122 valence electrons. The largest absolute Gasteiger partial charge is 0.352 e. The zero-order valence-electron chi connectivity index (χ0n) is 13.0. The van der Waals surface area contributed by atoms with Crippen LogP contribution >= 0.6 is 11.3 Å². The molecule has 1 heterocycles. The molecule has 0 radical (unpaired) electrons. The Hall–Kier alpha value is -2.41. The minimum Gasteiger partial charge on any atom is -0.352 e. The molecule has 23 heavy (non-hydrogen) atoms. The van der Waals surface area contributed by atoms with Gasteiger partial charge in [0.05, 0.1) is 13.1 Å². The fourth-order valence-corrected chi connectivity index (χ4v) is 2.72. The Morgan fingerprint density at radius 1 is 1.22 bits per heavy atom. The number of benzene rings is 1. The van der Waals surface area contributed by atoms with Crippen LogP contribution < -0.4 is 16.0 Å². The Morgan fingerprint density at radius 2 is 1.96 bits per heavy atom. The van der Waals surface area contributed by atoms with Crippen molar-refractivity contribution in [3.63, 3.8) is 0 Å². The molecule has 0 aliphatic rings. The first-order valence-electron chi connectivity index (χ1n) is 7.11. The average Bonchev–Trinajstić information content (AvgIpc) is 2.95.